The van der Waals surface area contributed by atoms with Gasteiger partial charge in [0.25, 0.3) is 0 Å². The molecule has 2 rings (SSSR count). The van der Waals surface area contributed by atoms with Crippen molar-refractivity contribution in [1.29, 1.82) is 0 Å². The molecule has 1 aromatic carbocycles. The molecule has 0 saturated carbocycles. The molecule has 4 heteroatoms. The zero-order valence-electron chi connectivity index (χ0n) is 9.77. The summed E-state index contributed by atoms with van der Waals surface area (Å²) in [7, 11) is 1.66. The van der Waals surface area contributed by atoms with E-state index in [4.69, 9.17) is 16.3 Å². The average Bonchev–Trinajstić information content (AvgIpc) is 2.34. The fourth-order valence-electron chi connectivity index (χ4n) is 1.61. The lowest BCUT2D eigenvalue weighted by Gasteiger charge is -2.06. The van der Waals surface area contributed by atoms with Gasteiger partial charge in [-0.3, -0.25) is 0 Å². The van der Waals surface area contributed by atoms with Crippen molar-refractivity contribution < 1.29 is 4.74 Å². The first-order valence-corrected chi connectivity index (χ1v) is 5.68. The highest BCUT2D eigenvalue weighted by molar-refractivity contribution is 6.28. The maximum atomic E-state index is 5.79. The molecular formula is C13H13ClN2O. The van der Waals surface area contributed by atoms with E-state index in [0.717, 1.165) is 29.0 Å². The highest BCUT2D eigenvalue weighted by atomic mass is 35.5. The van der Waals surface area contributed by atoms with Crippen LogP contribution in [-0.4, -0.2) is 17.1 Å². The van der Waals surface area contributed by atoms with Crippen LogP contribution in [-0.2, 0) is 6.42 Å². The summed E-state index contributed by atoms with van der Waals surface area (Å²) >= 11 is 5.79. The minimum absolute atomic E-state index is 0.286. The van der Waals surface area contributed by atoms with Crippen molar-refractivity contribution in [2.75, 3.05) is 7.11 Å². The Kier molecular flexibility index (Phi) is 3.59. The van der Waals surface area contributed by atoms with E-state index < -0.39 is 0 Å². The molecule has 88 valence electrons. The van der Waals surface area contributed by atoms with Crippen molar-refractivity contribution in [3.63, 3.8) is 0 Å². The van der Waals surface area contributed by atoms with E-state index in [-0.39, 0.29) is 5.28 Å². The van der Waals surface area contributed by atoms with E-state index in [1.165, 1.54) is 0 Å². The van der Waals surface area contributed by atoms with Crippen molar-refractivity contribution in [3.05, 3.63) is 52.6 Å². The highest BCUT2D eigenvalue weighted by Crippen LogP contribution is 2.17. The van der Waals surface area contributed by atoms with Gasteiger partial charge in [0.05, 0.1) is 12.8 Å². The van der Waals surface area contributed by atoms with Crippen LogP contribution in [0.1, 0.15) is 16.8 Å². The lowest BCUT2D eigenvalue weighted by Crippen LogP contribution is -1.98. The number of rotatable bonds is 3. The number of hydrogen-bond donors (Lipinski definition) is 0. The second-order valence-electron chi connectivity index (χ2n) is 3.80. The number of aryl methyl sites for hydroxylation is 1. The van der Waals surface area contributed by atoms with Gasteiger partial charge in [-0.05, 0) is 41.8 Å². The number of halogens is 1. The number of ether oxygens (including phenoxy) is 1. The monoisotopic (exact) mass is 248 g/mol. The summed E-state index contributed by atoms with van der Waals surface area (Å²) in [4.78, 5) is 8.18. The standard InChI is InChI=1S/C13H13ClN2O/c1-9-8-15-13(14)16-12(9)7-10-4-3-5-11(6-10)17-2/h3-6,8H,7H2,1-2H3. The number of hydrogen-bond acceptors (Lipinski definition) is 3. The van der Waals surface area contributed by atoms with Crippen LogP contribution in [0.5, 0.6) is 5.75 Å². The van der Waals surface area contributed by atoms with Gasteiger partial charge >= 0.3 is 0 Å². The van der Waals surface area contributed by atoms with Crippen molar-refractivity contribution in [2.24, 2.45) is 0 Å². The van der Waals surface area contributed by atoms with Crippen LogP contribution in [0, 0.1) is 6.92 Å². The minimum Gasteiger partial charge on any atom is -0.497 e. The zero-order valence-corrected chi connectivity index (χ0v) is 10.5. The Morgan fingerprint density at radius 2 is 2.18 bits per heavy atom. The van der Waals surface area contributed by atoms with Crippen molar-refractivity contribution >= 4 is 11.6 Å². The number of aromatic nitrogens is 2. The Morgan fingerprint density at radius 3 is 2.94 bits per heavy atom. The fourth-order valence-corrected chi connectivity index (χ4v) is 1.76. The number of methoxy groups -OCH3 is 1. The third-order valence-corrected chi connectivity index (χ3v) is 2.73. The Labute approximate surface area is 105 Å². The molecule has 0 fully saturated rings. The van der Waals surface area contributed by atoms with E-state index in [0.29, 0.717) is 0 Å². The fraction of sp³-hybridized carbons (Fsp3) is 0.231. The van der Waals surface area contributed by atoms with E-state index in [9.17, 15) is 0 Å². The van der Waals surface area contributed by atoms with Gasteiger partial charge in [-0.25, -0.2) is 9.97 Å². The molecule has 0 atom stereocenters. The van der Waals surface area contributed by atoms with Gasteiger partial charge in [0.2, 0.25) is 5.28 Å². The number of benzene rings is 1. The minimum atomic E-state index is 0.286. The summed E-state index contributed by atoms with van der Waals surface area (Å²) in [5.74, 6) is 0.848. The molecular weight excluding hydrogens is 236 g/mol. The molecule has 0 amide bonds. The first-order chi connectivity index (χ1) is 8.19. The van der Waals surface area contributed by atoms with Crippen LogP contribution >= 0.6 is 11.6 Å². The number of nitrogens with zero attached hydrogens (tertiary/aromatic N) is 2. The topological polar surface area (TPSA) is 35.0 Å². The normalized spacial score (nSPS) is 10.3. The molecule has 0 N–H and O–H groups in total. The SMILES string of the molecule is COc1cccc(Cc2nc(Cl)ncc2C)c1. The summed E-state index contributed by atoms with van der Waals surface area (Å²) < 4.78 is 5.19. The molecule has 0 spiro atoms. The van der Waals surface area contributed by atoms with E-state index in [1.54, 1.807) is 13.3 Å². The summed E-state index contributed by atoms with van der Waals surface area (Å²) in [6, 6.07) is 7.92. The molecule has 1 aromatic heterocycles. The summed E-state index contributed by atoms with van der Waals surface area (Å²) in [5.41, 5.74) is 3.12. The predicted molar refractivity (Wildman–Crippen MR) is 67.6 cm³/mol. The molecule has 1 heterocycles. The van der Waals surface area contributed by atoms with Gasteiger partial charge in [-0.2, -0.15) is 0 Å². The summed E-state index contributed by atoms with van der Waals surface area (Å²) in [6.45, 7) is 1.98. The van der Waals surface area contributed by atoms with Gasteiger partial charge in [0, 0.05) is 12.6 Å². The third kappa shape index (κ3) is 2.94. The molecule has 0 saturated heterocycles. The molecule has 2 aromatic rings. The largest absolute Gasteiger partial charge is 0.497 e. The lowest BCUT2D eigenvalue weighted by atomic mass is 10.1. The molecule has 0 aliphatic rings. The summed E-state index contributed by atoms with van der Waals surface area (Å²) in [5, 5.41) is 0.286. The Balaban J connectivity index is 2.27. The molecule has 3 nitrogen and oxygen atoms in total. The maximum Gasteiger partial charge on any atom is 0.222 e. The average molecular weight is 249 g/mol. The van der Waals surface area contributed by atoms with E-state index in [1.807, 2.05) is 31.2 Å². The molecule has 0 bridgehead atoms. The molecule has 0 radical (unpaired) electrons. The van der Waals surface area contributed by atoms with E-state index in [2.05, 4.69) is 9.97 Å². The van der Waals surface area contributed by atoms with Crippen LogP contribution in [0.25, 0.3) is 0 Å². The first kappa shape index (κ1) is 11.9. The highest BCUT2D eigenvalue weighted by Gasteiger charge is 2.04. The third-order valence-electron chi connectivity index (χ3n) is 2.55. The first-order valence-electron chi connectivity index (χ1n) is 5.30. The Hall–Kier alpha value is -1.61. The lowest BCUT2D eigenvalue weighted by molar-refractivity contribution is 0.414. The van der Waals surface area contributed by atoms with Crippen LogP contribution in [0.2, 0.25) is 5.28 Å². The van der Waals surface area contributed by atoms with Crippen LogP contribution in [0.15, 0.2) is 30.5 Å². The van der Waals surface area contributed by atoms with Crippen molar-refractivity contribution in [1.82, 2.24) is 9.97 Å². The van der Waals surface area contributed by atoms with Crippen molar-refractivity contribution in [2.45, 2.75) is 13.3 Å². The zero-order chi connectivity index (χ0) is 12.3. The van der Waals surface area contributed by atoms with Crippen molar-refractivity contribution in [3.8, 4) is 5.75 Å². The summed E-state index contributed by atoms with van der Waals surface area (Å²) in [6.07, 6.45) is 2.47. The van der Waals surface area contributed by atoms with Gasteiger partial charge in [-0.1, -0.05) is 12.1 Å². The smallest absolute Gasteiger partial charge is 0.222 e. The van der Waals surface area contributed by atoms with Gasteiger partial charge in [0.1, 0.15) is 5.75 Å². The maximum absolute atomic E-state index is 5.79. The Morgan fingerprint density at radius 1 is 1.35 bits per heavy atom. The molecule has 0 aliphatic heterocycles. The second kappa shape index (κ2) is 5.15. The van der Waals surface area contributed by atoms with E-state index >= 15 is 0 Å². The Bertz CT molecular complexity index is 529. The van der Waals surface area contributed by atoms with Crippen LogP contribution < -0.4 is 4.74 Å². The van der Waals surface area contributed by atoms with Gasteiger partial charge in [-0.15, -0.1) is 0 Å². The van der Waals surface area contributed by atoms with Gasteiger partial charge < -0.3 is 4.74 Å². The quantitative estimate of drug-likeness (QED) is 0.783. The molecule has 0 unspecified atom stereocenters. The van der Waals surface area contributed by atoms with Crippen LogP contribution in [0.4, 0.5) is 0 Å². The second-order valence-corrected chi connectivity index (χ2v) is 4.14. The van der Waals surface area contributed by atoms with Gasteiger partial charge in [0.15, 0.2) is 0 Å². The predicted octanol–water partition coefficient (Wildman–Crippen LogP) is 3.04. The molecule has 17 heavy (non-hydrogen) atoms. The molecule has 0 aliphatic carbocycles. The van der Waals surface area contributed by atoms with Crippen LogP contribution in [0.3, 0.4) is 0 Å².